The van der Waals surface area contributed by atoms with Crippen molar-refractivity contribution in [1.29, 1.82) is 0 Å². The van der Waals surface area contributed by atoms with E-state index < -0.39 is 0 Å². The highest BCUT2D eigenvalue weighted by atomic mass is 16.6. The van der Waals surface area contributed by atoms with E-state index in [4.69, 9.17) is 4.74 Å². The van der Waals surface area contributed by atoms with Crippen molar-refractivity contribution in [2.75, 3.05) is 0 Å². The maximum absolute atomic E-state index is 6.71. The molecule has 0 radical (unpaired) electrons. The second-order valence-corrected chi connectivity index (χ2v) is 7.91. The third kappa shape index (κ3) is 2.07. The maximum atomic E-state index is 6.71. The topological polar surface area (TPSA) is 15.8 Å². The van der Waals surface area contributed by atoms with Gasteiger partial charge in [-0.25, -0.2) is 0 Å². The van der Waals surface area contributed by atoms with Crippen LogP contribution in [-0.2, 0) is 11.3 Å². The molecular formula is C21H31NO. The number of piperidine rings is 1. The second-order valence-electron chi connectivity index (χ2n) is 7.91. The van der Waals surface area contributed by atoms with E-state index >= 15 is 0 Å². The van der Waals surface area contributed by atoms with Crippen LogP contribution in [0.5, 0.6) is 0 Å². The first-order valence-electron chi connectivity index (χ1n) is 9.68. The minimum absolute atomic E-state index is 0.133. The van der Waals surface area contributed by atoms with E-state index in [0.717, 1.165) is 12.5 Å². The molecule has 5 atom stereocenters. The van der Waals surface area contributed by atoms with Gasteiger partial charge in [0.05, 0.1) is 0 Å². The summed E-state index contributed by atoms with van der Waals surface area (Å²) in [6.45, 7) is 8.23. The lowest BCUT2D eigenvalue weighted by Crippen LogP contribution is -2.62. The minimum atomic E-state index is 0.133. The van der Waals surface area contributed by atoms with E-state index in [1.54, 1.807) is 0 Å². The van der Waals surface area contributed by atoms with Gasteiger partial charge in [-0.1, -0.05) is 57.0 Å². The van der Waals surface area contributed by atoms with Crippen LogP contribution in [0.2, 0.25) is 0 Å². The van der Waals surface area contributed by atoms with Crippen LogP contribution in [0.1, 0.15) is 64.9 Å². The number of likely N-dealkylation sites (tertiary alicyclic amines) is 1. The Morgan fingerprint density at radius 1 is 1.17 bits per heavy atom. The summed E-state index contributed by atoms with van der Waals surface area (Å²) in [5.41, 5.74) is 1.79. The molecule has 0 unspecified atom stereocenters. The van der Waals surface area contributed by atoms with Crippen LogP contribution in [0.4, 0.5) is 0 Å². The number of ether oxygens (including phenoxy) is 1. The van der Waals surface area contributed by atoms with Gasteiger partial charge in [0.2, 0.25) is 0 Å². The van der Waals surface area contributed by atoms with Crippen LogP contribution in [-0.4, -0.2) is 28.2 Å². The Balaban J connectivity index is 1.68. The molecule has 0 bridgehead atoms. The Kier molecular flexibility index (Phi) is 3.81. The number of hydrogen-bond donors (Lipinski definition) is 0. The van der Waals surface area contributed by atoms with Gasteiger partial charge >= 0.3 is 0 Å². The zero-order valence-corrected chi connectivity index (χ0v) is 14.9. The number of rotatable bonds is 4. The summed E-state index contributed by atoms with van der Waals surface area (Å²) < 4.78 is 6.71. The third-order valence-electron chi connectivity index (χ3n) is 7.12. The molecule has 1 aromatic rings. The number of nitrogens with zero attached hydrogens (tertiary/aromatic N) is 1. The summed E-state index contributed by atoms with van der Waals surface area (Å²) >= 11 is 0. The predicted molar refractivity (Wildman–Crippen MR) is 94.3 cm³/mol. The molecule has 2 heterocycles. The molecule has 3 aliphatic rings. The van der Waals surface area contributed by atoms with E-state index in [9.17, 15) is 0 Å². The average Bonchev–Trinajstić information content (AvgIpc) is 3.24. The molecule has 3 fully saturated rings. The summed E-state index contributed by atoms with van der Waals surface area (Å²) in [4.78, 5) is 2.78. The molecule has 4 rings (SSSR count). The lowest BCUT2D eigenvalue weighted by Gasteiger charge is -2.51. The molecule has 0 aromatic heterocycles. The van der Waals surface area contributed by atoms with Gasteiger partial charge in [0.1, 0.15) is 11.2 Å². The second kappa shape index (κ2) is 5.60. The van der Waals surface area contributed by atoms with Crippen molar-refractivity contribution in [3.63, 3.8) is 0 Å². The van der Waals surface area contributed by atoms with Gasteiger partial charge in [0, 0.05) is 24.5 Å². The zero-order valence-electron chi connectivity index (χ0n) is 14.9. The molecule has 23 heavy (non-hydrogen) atoms. The van der Waals surface area contributed by atoms with Crippen LogP contribution in [0.25, 0.3) is 0 Å². The Hall–Kier alpha value is -0.860. The first-order valence-corrected chi connectivity index (χ1v) is 9.68. The smallest absolute Gasteiger partial charge is 0.113 e. The van der Waals surface area contributed by atoms with Crippen LogP contribution >= 0.6 is 0 Å². The van der Waals surface area contributed by atoms with Crippen molar-refractivity contribution in [1.82, 2.24) is 4.90 Å². The highest BCUT2D eigenvalue weighted by Crippen LogP contribution is 2.67. The summed E-state index contributed by atoms with van der Waals surface area (Å²) in [5, 5.41) is 0. The highest BCUT2D eigenvalue weighted by Gasteiger charge is 2.78. The van der Waals surface area contributed by atoms with Crippen molar-refractivity contribution in [3.05, 3.63) is 35.9 Å². The number of hydrogen-bond acceptors (Lipinski definition) is 2. The lowest BCUT2D eigenvalue weighted by molar-refractivity contribution is -0.00747. The fraction of sp³-hybridized carbons (Fsp3) is 0.714. The molecule has 2 heteroatoms. The molecule has 2 aliphatic heterocycles. The van der Waals surface area contributed by atoms with E-state index in [2.05, 4.69) is 56.0 Å². The van der Waals surface area contributed by atoms with E-state index in [1.165, 1.54) is 44.1 Å². The fourth-order valence-electron chi connectivity index (χ4n) is 6.11. The van der Waals surface area contributed by atoms with Crippen LogP contribution in [0.15, 0.2) is 30.3 Å². The van der Waals surface area contributed by atoms with E-state index in [1.807, 2.05) is 0 Å². The van der Waals surface area contributed by atoms with Gasteiger partial charge in [0.25, 0.3) is 0 Å². The zero-order chi connectivity index (χ0) is 16.1. The van der Waals surface area contributed by atoms with Crippen LogP contribution in [0, 0.1) is 5.92 Å². The standard InChI is InChI=1S/C21H31NO/c1-4-19-20(5-2)21(23-20)14-10-9-13-18(21)16(3)22(19)15-17-11-7-6-8-12-17/h6-8,11-12,16,18-19H,4-5,9-10,13-15H2,1-3H3/t16-,18+,19+,20-,21+/m1/s1. The van der Waals surface area contributed by atoms with Crippen molar-refractivity contribution >= 4 is 0 Å². The van der Waals surface area contributed by atoms with Crippen molar-refractivity contribution < 1.29 is 4.74 Å². The molecule has 126 valence electrons. The first kappa shape index (κ1) is 15.7. The van der Waals surface area contributed by atoms with Gasteiger partial charge in [-0.2, -0.15) is 0 Å². The molecule has 0 N–H and O–H groups in total. The summed E-state index contributed by atoms with van der Waals surface area (Å²) in [6, 6.07) is 12.2. The van der Waals surface area contributed by atoms with Gasteiger partial charge in [0.15, 0.2) is 0 Å². The monoisotopic (exact) mass is 313 g/mol. The first-order chi connectivity index (χ1) is 11.2. The van der Waals surface area contributed by atoms with Crippen molar-refractivity contribution in [2.24, 2.45) is 5.92 Å². The fourth-order valence-corrected chi connectivity index (χ4v) is 6.11. The quantitative estimate of drug-likeness (QED) is 0.744. The molecule has 1 saturated carbocycles. The summed E-state index contributed by atoms with van der Waals surface area (Å²) in [5.74, 6) is 0.725. The van der Waals surface area contributed by atoms with Gasteiger partial charge in [-0.15, -0.1) is 0 Å². The number of benzene rings is 1. The van der Waals surface area contributed by atoms with Crippen LogP contribution in [0.3, 0.4) is 0 Å². The molecule has 1 spiro atoms. The Morgan fingerprint density at radius 2 is 1.96 bits per heavy atom. The summed E-state index contributed by atoms with van der Waals surface area (Å²) in [6.07, 6.45) is 7.76. The lowest BCUT2D eigenvalue weighted by atomic mass is 9.62. The largest absolute Gasteiger partial charge is 0.360 e. The third-order valence-corrected chi connectivity index (χ3v) is 7.12. The van der Waals surface area contributed by atoms with Gasteiger partial charge in [-0.05, 0) is 38.2 Å². The Labute approximate surface area is 141 Å². The highest BCUT2D eigenvalue weighted by molar-refractivity contribution is 5.29. The minimum Gasteiger partial charge on any atom is -0.360 e. The normalized spacial score (nSPS) is 42.8. The van der Waals surface area contributed by atoms with Crippen molar-refractivity contribution in [2.45, 2.75) is 89.1 Å². The maximum Gasteiger partial charge on any atom is 0.113 e. The molecule has 1 aromatic carbocycles. The molecule has 1 aliphatic carbocycles. The molecular weight excluding hydrogens is 282 g/mol. The van der Waals surface area contributed by atoms with Crippen LogP contribution < -0.4 is 0 Å². The van der Waals surface area contributed by atoms with E-state index in [-0.39, 0.29) is 11.2 Å². The van der Waals surface area contributed by atoms with Gasteiger partial charge < -0.3 is 4.74 Å². The molecule has 2 saturated heterocycles. The Morgan fingerprint density at radius 3 is 2.65 bits per heavy atom. The number of epoxide rings is 1. The Bertz CT molecular complexity index is 558. The molecule has 2 nitrogen and oxygen atoms in total. The van der Waals surface area contributed by atoms with Gasteiger partial charge in [-0.3, -0.25) is 4.90 Å². The van der Waals surface area contributed by atoms with Crippen molar-refractivity contribution in [3.8, 4) is 0 Å². The van der Waals surface area contributed by atoms with E-state index in [0.29, 0.717) is 12.1 Å². The molecule has 0 amide bonds. The average molecular weight is 313 g/mol. The SMILES string of the molecule is CC[C@@H]1N(Cc2ccccc2)[C@H](C)[C@@H]2CCCC[C@]23O[C@]13CC. The predicted octanol–water partition coefficient (Wildman–Crippen LogP) is 4.78. The summed E-state index contributed by atoms with van der Waals surface area (Å²) in [7, 11) is 0.